The first-order chi connectivity index (χ1) is 16.2. The normalized spacial score (nSPS) is 10.8. The van der Waals surface area contributed by atoms with Crippen LogP contribution in [0, 0.1) is 20.8 Å². The van der Waals surface area contributed by atoms with Gasteiger partial charge in [0, 0.05) is 5.39 Å². The number of carbonyl (C=O) groups is 3. The van der Waals surface area contributed by atoms with Crippen LogP contribution in [-0.2, 0) is 16.0 Å². The first kappa shape index (κ1) is 22.7. The zero-order valence-corrected chi connectivity index (χ0v) is 18.8. The van der Waals surface area contributed by atoms with Crippen molar-refractivity contribution in [2.75, 3.05) is 0 Å². The molecule has 1 N–H and O–H groups in total. The highest BCUT2D eigenvalue weighted by molar-refractivity contribution is 5.98. The Kier molecular flexibility index (Phi) is 6.14. The summed E-state index contributed by atoms with van der Waals surface area (Å²) in [5, 5.41) is 11.0. The Balaban J connectivity index is 1.49. The van der Waals surface area contributed by atoms with Crippen LogP contribution in [0.15, 0.2) is 48.5 Å². The smallest absolute Gasteiger partial charge is 0.345 e. The summed E-state index contributed by atoms with van der Waals surface area (Å²) < 4.78 is 4.99. The number of aldehydes is 1. The molecule has 0 atom stereocenters. The Bertz CT molecular complexity index is 1450. The lowest BCUT2D eigenvalue weighted by Gasteiger charge is -2.09. The molecule has 0 aliphatic carbocycles. The van der Waals surface area contributed by atoms with Gasteiger partial charge in [0.05, 0.1) is 34.8 Å². The molecule has 8 nitrogen and oxygen atoms in total. The molecule has 0 aliphatic rings. The molecule has 0 radical (unpaired) electrons. The Hall–Kier alpha value is -4.46. The van der Waals surface area contributed by atoms with Gasteiger partial charge in [-0.15, -0.1) is 0 Å². The second kappa shape index (κ2) is 9.19. The maximum atomic E-state index is 12.4. The molecule has 2 heterocycles. The average molecular weight is 455 g/mol. The van der Waals surface area contributed by atoms with Crippen molar-refractivity contribution in [1.29, 1.82) is 0 Å². The molecule has 4 aromatic rings. The number of nitrogens with zero attached hydrogens (tertiary/aromatic N) is 3. The van der Waals surface area contributed by atoms with Crippen molar-refractivity contribution in [3.63, 3.8) is 0 Å². The number of fused-ring (bicyclic) bond motifs is 1. The van der Waals surface area contributed by atoms with Gasteiger partial charge in [0.1, 0.15) is 17.0 Å². The highest BCUT2D eigenvalue weighted by Gasteiger charge is 2.17. The number of hydrogen-bond acceptors (Lipinski definition) is 8. The Morgan fingerprint density at radius 1 is 0.882 bits per heavy atom. The summed E-state index contributed by atoms with van der Waals surface area (Å²) in [7, 11) is 0. The minimum absolute atomic E-state index is 0.0602. The number of carbonyl (C=O) groups excluding carboxylic acids is 3. The van der Waals surface area contributed by atoms with Gasteiger partial charge < -0.3 is 9.84 Å². The van der Waals surface area contributed by atoms with E-state index in [1.807, 2.05) is 13.0 Å². The second-order valence-corrected chi connectivity index (χ2v) is 7.86. The van der Waals surface area contributed by atoms with E-state index in [-0.39, 0.29) is 23.4 Å². The second-order valence-electron chi connectivity index (χ2n) is 7.86. The number of aromatic nitrogens is 3. The number of benzene rings is 2. The molecular formula is C26H21N3O5. The number of aromatic hydroxyl groups is 1. The first-order valence-corrected chi connectivity index (χ1v) is 10.5. The molecule has 170 valence electrons. The van der Waals surface area contributed by atoms with E-state index in [2.05, 4.69) is 15.0 Å². The summed E-state index contributed by atoms with van der Waals surface area (Å²) in [5.74, 6) is -1.54. The fourth-order valence-electron chi connectivity index (χ4n) is 3.53. The lowest BCUT2D eigenvalue weighted by molar-refractivity contribution is -0.137. The van der Waals surface area contributed by atoms with Gasteiger partial charge in [0.2, 0.25) is 0 Å². The van der Waals surface area contributed by atoms with Gasteiger partial charge in [-0.05, 0) is 62.2 Å². The minimum Gasteiger partial charge on any atom is -0.506 e. The van der Waals surface area contributed by atoms with Gasteiger partial charge in [0.25, 0.3) is 0 Å². The van der Waals surface area contributed by atoms with E-state index in [0.29, 0.717) is 34.1 Å². The number of ether oxygens (including phenoxy) is 1. The fourth-order valence-corrected chi connectivity index (χ4v) is 3.53. The molecule has 8 heteroatoms. The first-order valence-electron chi connectivity index (χ1n) is 10.5. The van der Waals surface area contributed by atoms with Crippen LogP contribution in [-0.4, -0.2) is 38.3 Å². The number of rotatable bonds is 5. The van der Waals surface area contributed by atoms with Crippen LogP contribution in [0.2, 0.25) is 0 Å². The van der Waals surface area contributed by atoms with Crippen molar-refractivity contribution in [2.24, 2.45) is 0 Å². The average Bonchev–Trinajstić information content (AvgIpc) is 2.82. The van der Waals surface area contributed by atoms with Crippen LogP contribution in [0.1, 0.15) is 43.6 Å². The number of phenolic OH excluding ortho intramolecular Hbond substituents is 1. The monoisotopic (exact) mass is 455 g/mol. The lowest BCUT2D eigenvalue weighted by atomic mass is 10.0. The van der Waals surface area contributed by atoms with Gasteiger partial charge in [-0.2, -0.15) is 0 Å². The van der Waals surface area contributed by atoms with E-state index in [4.69, 9.17) is 4.74 Å². The van der Waals surface area contributed by atoms with Crippen molar-refractivity contribution >= 4 is 29.1 Å². The number of esters is 2. The summed E-state index contributed by atoms with van der Waals surface area (Å²) in [4.78, 5) is 48.5. The highest BCUT2D eigenvalue weighted by Crippen LogP contribution is 2.31. The summed E-state index contributed by atoms with van der Waals surface area (Å²) in [5.41, 5.74) is 4.80. The molecule has 34 heavy (non-hydrogen) atoms. The van der Waals surface area contributed by atoms with Gasteiger partial charge in [0.15, 0.2) is 6.29 Å². The summed E-state index contributed by atoms with van der Waals surface area (Å²) >= 11 is 0. The third kappa shape index (κ3) is 4.66. The quantitative estimate of drug-likeness (QED) is 0.272. The zero-order chi connectivity index (χ0) is 24.4. The summed E-state index contributed by atoms with van der Waals surface area (Å²) in [6, 6.07) is 13.1. The van der Waals surface area contributed by atoms with Crippen molar-refractivity contribution in [3.05, 3.63) is 82.6 Å². The minimum atomic E-state index is -0.766. The Labute approximate surface area is 195 Å². The van der Waals surface area contributed by atoms with Crippen LogP contribution < -0.4 is 0 Å². The third-order valence-electron chi connectivity index (χ3n) is 5.47. The molecule has 0 unspecified atom stereocenters. The molecule has 4 rings (SSSR count). The standard InChI is InChI=1S/C26H21N3O5/c1-14-15(2)28-22(16(3)27-14)12-24(32)34-26(33)18-6-4-17(5-7-18)20-10-19-8-9-21(13-30)29-25(19)23(31)11-20/h4-11,13,31H,12H2,1-3H3. The molecule has 0 saturated carbocycles. The number of hydrogen-bond donors (Lipinski definition) is 1. The molecule has 0 amide bonds. The lowest BCUT2D eigenvalue weighted by Crippen LogP contribution is -2.16. The predicted molar refractivity (Wildman–Crippen MR) is 125 cm³/mol. The van der Waals surface area contributed by atoms with E-state index in [9.17, 15) is 19.5 Å². The van der Waals surface area contributed by atoms with E-state index >= 15 is 0 Å². The van der Waals surface area contributed by atoms with Gasteiger partial charge in [-0.3, -0.25) is 19.6 Å². The van der Waals surface area contributed by atoms with Crippen molar-refractivity contribution in [2.45, 2.75) is 27.2 Å². The van der Waals surface area contributed by atoms with E-state index in [1.165, 1.54) is 6.07 Å². The van der Waals surface area contributed by atoms with Gasteiger partial charge in [-0.25, -0.2) is 9.78 Å². The predicted octanol–water partition coefficient (Wildman–Crippen LogP) is 4.06. The maximum Gasteiger partial charge on any atom is 0.345 e. The van der Waals surface area contributed by atoms with Crippen LogP contribution in [0.4, 0.5) is 0 Å². The van der Waals surface area contributed by atoms with Crippen LogP contribution in [0.3, 0.4) is 0 Å². The zero-order valence-electron chi connectivity index (χ0n) is 18.8. The highest BCUT2D eigenvalue weighted by atomic mass is 16.6. The van der Waals surface area contributed by atoms with Gasteiger partial charge >= 0.3 is 11.9 Å². The van der Waals surface area contributed by atoms with E-state index in [1.54, 1.807) is 50.2 Å². The van der Waals surface area contributed by atoms with Crippen LogP contribution >= 0.6 is 0 Å². The third-order valence-corrected chi connectivity index (χ3v) is 5.47. The van der Waals surface area contributed by atoms with E-state index < -0.39 is 11.9 Å². The molecule has 0 fully saturated rings. The summed E-state index contributed by atoms with van der Waals surface area (Å²) in [6.45, 7) is 5.40. The molecule has 0 bridgehead atoms. The molecular weight excluding hydrogens is 434 g/mol. The Morgan fingerprint density at radius 3 is 2.29 bits per heavy atom. The topological polar surface area (TPSA) is 119 Å². The number of aryl methyl sites for hydroxylation is 3. The molecule has 2 aromatic heterocycles. The molecule has 0 spiro atoms. The SMILES string of the molecule is Cc1nc(C)c(CC(=O)OC(=O)c2ccc(-c3cc(O)c4nc(C=O)ccc4c3)cc2)nc1C. The van der Waals surface area contributed by atoms with Crippen molar-refractivity contribution in [1.82, 2.24) is 15.0 Å². The van der Waals surface area contributed by atoms with Crippen LogP contribution in [0.5, 0.6) is 5.75 Å². The van der Waals surface area contributed by atoms with Crippen LogP contribution in [0.25, 0.3) is 22.0 Å². The fraction of sp³-hybridized carbons (Fsp3) is 0.154. The largest absolute Gasteiger partial charge is 0.506 e. The Morgan fingerprint density at radius 2 is 1.59 bits per heavy atom. The number of pyridine rings is 1. The maximum absolute atomic E-state index is 12.4. The molecule has 2 aromatic carbocycles. The van der Waals surface area contributed by atoms with E-state index in [0.717, 1.165) is 17.0 Å². The summed E-state index contributed by atoms with van der Waals surface area (Å²) in [6.07, 6.45) is 0.464. The van der Waals surface area contributed by atoms with Crippen molar-refractivity contribution in [3.8, 4) is 16.9 Å². The molecule has 0 saturated heterocycles. The van der Waals surface area contributed by atoms with Crippen molar-refractivity contribution < 1.29 is 24.2 Å². The van der Waals surface area contributed by atoms with Gasteiger partial charge in [-0.1, -0.05) is 18.2 Å². The number of phenols is 1. The molecule has 0 aliphatic heterocycles.